The summed E-state index contributed by atoms with van der Waals surface area (Å²) in [5.74, 6) is 0.893. The molecule has 1 amide bonds. The van der Waals surface area contributed by atoms with E-state index >= 15 is 0 Å². The van der Waals surface area contributed by atoms with Gasteiger partial charge in [-0.25, -0.2) is 0 Å². The van der Waals surface area contributed by atoms with E-state index in [2.05, 4.69) is 26.1 Å². The topological polar surface area (TPSA) is 29.1 Å². The molecule has 1 aliphatic heterocycles. The second-order valence-electron chi connectivity index (χ2n) is 5.33. The van der Waals surface area contributed by atoms with E-state index in [1.807, 2.05) is 0 Å². The van der Waals surface area contributed by atoms with Gasteiger partial charge in [0.1, 0.15) is 0 Å². The Morgan fingerprint density at radius 3 is 2.42 bits per heavy atom. The predicted molar refractivity (Wildman–Crippen MR) is 47.7 cm³/mol. The Labute approximate surface area is 73.7 Å². The quantitative estimate of drug-likeness (QED) is 0.547. The Kier molecular flexibility index (Phi) is 1.37. The molecule has 2 unspecified atom stereocenters. The van der Waals surface area contributed by atoms with E-state index in [0.717, 1.165) is 12.8 Å². The van der Waals surface area contributed by atoms with Crippen molar-refractivity contribution in [2.24, 2.45) is 11.3 Å². The van der Waals surface area contributed by atoms with Crippen molar-refractivity contribution in [3.8, 4) is 0 Å². The van der Waals surface area contributed by atoms with Crippen LogP contribution in [0.5, 0.6) is 0 Å². The zero-order chi connectivity index (χ0) is 8.98. The molecule has 0 bridgehead atoms. The maximum atomic E-state index is 10.9. The highest BCUT2D eigenvalue weighted by Gasteiger charge is 2.55. The first-order valence-electron chi connectivity index (χ1n) is 4.75. The Bertz CT molecular complexity index is 224. The van der Waals surface area contributed by atoms with Crippen LogP contribution in [0.3, 0.4) is 0 Å². The van der Waals surface area contributed by atoms with Gasteiger partial charge in [0.2, 0.25) is 5.91 Å². The monoisotopic (exact) mass is 167 g/mol. The van der Waals surface area contributed by atoms with Crippen LogP contribution < -0.4 is 5.32 Å². The summed E-state index contributed by atoms with van der Waals surface area (Å²) in [5.41, 5.74) is 0.605. The second kappa shape index (κ2) is 2.04. The molecule has 0 aromatic heterocycles. The van der Waals surface area contributed by atoms with E-state index in [9.17, 15) is 4.79 Å². The van der Waals surface area contributed by atoms with Crippen molar-refractivity contribution in [1.82, 2.24) is 5.32 Å². The molecule has 1 saturated carbocycles. The molecule has 12 heavy (non-hydrogen) atoms. The van der Waals surface area contributed by atoms with Gasteiger partial charge in [0.25, 0.3) is 0 Å². The number of rotatable bonds is 0. The molecule has 1 saturated heterocycles. The number of amides is 1. The van der Waals surface area contributed by atoms with E-state index < -0.39 is 0 Å². The lowest BCUT2D eigenvalue weighted by Crippen LogP contribution is -2.62. The number of carbonyl (C=O) groups excluding carboxylic acids is 1. The Hall–Kier alpha value is -0.530. The summed E-state index contributed by atoms with van der Waals surface area (Å²) in [6.45, 7) is 6.85. The average Bonchev–Trinajstić information content (AvgIpc) is 2.01. The number of hydrogen-bond acceptors (Lipinski definition) is 1. The highest BCUT2D eigenvalue weighted by atomic mass is 16.2. The molecule has 0 aromatic carbocycles. The van der Waals surface area contributed by atoms with Crippen LogP contribution in [-0.2, 0) is 4.79 Å². The molecule has 2 atom stereocenters. The van der Waals surface area contributed by atoms with Gasteiger partial charge < -0.3 is 5.32 Å². The summed E-state index contributed by atoms with van der Waals surface area (Å²) < 4.78 is 0. The minimum atomic E-state index is 0.181. The van der Waals surface area contributed by atoms with E-state index in [1.165, 1.54) is 6.42 Å². The summed E-state index contributed by atoms with van der Waals surface area (Å²) in [6, 6.07) is 0. The van der Waals surface area contributed by atoms with Crippen LogP contribution in [0.15, 0.2) is 0 Å². The predicted octanol–water partition coefficient (Wildman–Crippen LogP) is 1.70. The minimum absolute atomic E-state index is 0.181. The molecule has 1 spiro atoms. The van der Waals surface area contributed by atoms with Gasteiger partial charge in [0.05, 0.1) is 5.54 Å². The van der Waals surface area contributed by atoms with Crippen LogP contribution >= 0.6 is 0 Å². The SMILES string of the molecule is CC1CC(C)(C)CC12CC(=O)N2. The standard InChI is InChI=1S/C10H17NO/c1-7-4-9(2,3)6-10(7)5-8(12)11-10/h7H,4-6H2,1-3H3,(H,11,12). The molecule has 2 rings (SSSR count). The molecular weight excluding hydrogens is 150 g/mol. The van der Waals surface area contributed by atoms with Crippen LogP contribution in [0.4, 0.5) is 0 Å². The highest BCUT2D eigenvalue weighted by molar-refractivity contribution is 5.85. The van der Waals surface area contributed by atoms with Gasteiger partial charge in [0.15, 0.2) is 0 Å². The smallest absolute Gasteiger partial charge is 0.222 e. The number of nitrogens with one attached hydrogen (secondary N) is 1. The zero-order valence-electron chi connectivity index (χ0n) is 8.11. The fraction of sp³-hybridized carbons (Fsp3) is 0.900. The molecule has 2 aliphatic rings. The van der Waals surface area contributed by atoms with Gasteiger partial charge >= 0.3 is 0 Å². The van der Waals surface area contributed by atoms with Crippen LogP contribution in [0.1, 0.15) is 40.0 Å². The third-order valence-corrected chi connectivity index (χ3v) is 3.46. The molecular formula is C10H17NO. The van der Waals surface area contributed by atoms with Crippen LogP contribution in [0.25, 0.3) is 0 Å². The Morgan fingerprint density at radius 2 is 2.08 bits per heavy atom. The molecule has 0 radical (unpaired) electrons. The van der Waals surface area contributed by atoms with Crippen LogP contribution in [-0.4, -0.2) is 11.4 Å². The van der Waals surface area contributed by atoms with E-state index in [0.29, 0.717) is 11.3 Å². The lowest BCUT2D eigenvalue weighted by Gasteiger charge is -2.43. The van der Waals surface area contributed by atoms with E-state index in [4.69, 9.17) is 0 Å². The first-order valence-corrected chi connectivity index (χ1v) is 4.75. The lowest BCUT2D eigenvalue weighted by molar-refractivity contribution is -0.134. The van der Waals surface area contributed by atoms with Crippen molar-refractivity contribution in [2.45, 2.75) is 45.6 Å². The Morgan fingerprint density at radius 1 is 1.50 bits per heavy atom. The molecule has 2 nitrogen and oxygen atoms in total. The molecule has 1 aliphatic carbocycles. The van der Waals surface area contributed by atoms with Crippen molar-refractivity contribution in [3.63, 3.8) is 0 Å². The average molecular weight is 167 g/mol. The summed E-state index contributed by atoms with van der Waals surface area (Å²) in [5, 5.41) is 3.08. The third-order valence-electron chi connectivity index (χ3n) is 3.46. The van der Waals surface area contributed by atoms with Gasteiger partial charge in [-0.2, -0.15) is 0 Å². The van der Waals surface area contributed by atoms with Crippen molar-refractivity contribution in [1.29, 1.82) is 0 Å². The summed E-state index contributed by atoms with van der Waals surface area (Å²) in [4.78, 5) is 10.9. The Balaban J connectivity index is 2.15. The van der Waals surface area contributed by atoms with Crippen molar-refractivity contribution in [3.05, 3.63) is 0 Å². The molecule has 2 heteroatoms. The van der Waals surface area contributed by atoms with Gasteiger partial charge in [0, 0.05) is 6.42 Å². The zero-order valence-corrected chi connectivity index (χ0v) is 8.11. The van der Waals surface area contributed by atoms with Gasteiger partial charge in [-0.3, -0.25) is 4.79 Å². The minimum Gasteiger partial charge on any atom is -0.350 e. The van der Waals surface area contributed by atoms with Gasteiger partial charge in [-0.15, -0.1) is 0 Å². The first-order chi connectivity index (χ1) is 5.44. The molecule has 1 heterocycles. The fourth-order valence-electron chi connectivity index (χ4n) is 3.07. The molecule has 68 valence electrons. The summed E-state index contributed by atoms with van der Waals surface area (Å²) >= 11 is 0. The van der Waals surface area contributed by atoms with Crippen molar-refractivity contribution in [2.75, 3.05) is 0 Å². The van der Waals surface area contributed by atoms with Crippen molar-refractivity contribution < 1.29 is 4.79 Å². The third kappa shape index (κ3) is 0.970. The van der Waals surface area contributed by atoms with E-state index in [1.54, 1.807) is 0 Å². The molecule has 0 aromatic rings. The van der Waals surface area contributed by atoms with Crippen molar-refractivity contribution >= 4 is 5.91 Å². The van der Waals surface area contributed by atoms with E-state index in [-0.39, 0.29) is 11.4 Å². The normalized spacial score (nSPS) is 44.2. The maximum absolute atomic E-state index is 10.9. The first kappa shape index (κ1) is 8.09. The number of hydrogen-bond donors (Lipinski definition) is 1. The van der Waals surface area contributed by atoms with Gasteiger partial charge in [-0.05, 0) is 24.2 Å². The van der Waals surface area contributed by atoms with Crippen LogP contribution in [0, 0.1) is 11.3 Å². The number of carbonyl (C=O) groups is 1. The molecule has 1 N–H and O–H groups in total. The lowest BCUT2D eigenvalue weighted by atomic mass is 9.78. The summed E-state index contributed by atoms with van der Waals surface area (Å²) in [7, 11) is 0. The molecule has 2 fully saturated rings. The second-order valence-corrected chi connectivity index (χ2v) is 5.33. The highest BCUT2D eigenvalue weighted by Crippen LogP contribution is 2.51. The summed E-state index contributed by atoms with van der Waals surface area (Å²) in [6.07, 6.45) is 3.16. The number of β-lactam (4-membered cyclic amide) rings is 1. The fourth-order valence-corrected chi connectivity index (χ4v) is 3.07. The maximum Gasteiger partial charge on any atom is 0.222 e. The van der Waals surface area contributed by atoms with Gasteiger partial charge in [-0.1, -0.05) is 20.8 Å². The largest absolute Gasteiger partial charge is 0.350 e. The van der Waals surface area contributed by atoms with Crippen LogP contribution in [0.2, 0.25) is 0 Å².